The molecule has 1 aromatic heterocycles. The van der Waals surface area contributed by atoms with E-state index in [0.29, 0.717) is 32.5 Å². The number of carboxylic acid groups (broad SMARTS) is 1. The topological polar surface area (TPSA) is 75.1 Å². The highest BCUT2D eigenvalue weighted by Gasteiger charge is 2.12. The zero-order valence-corrected chi connectivity index (χ0v) is 16.6. The van der Waals surface area contributed by atoms with E-state index in [0.717, 1.165) is 11.3 Å². The van der Waals surface area contributed by atoms with E-state index in [1.54, 1.807) is 18.2 Å². The number of rotatable bonds is 6. The molecule has 0 saturated heterocycles. The number of carboxylic acids is 1. The van der Waals surface area contributed by atoms with Gasteiger partial charge in [0, 0.05) is 27.6 Å². The van der Waals surface area contributed by atoms with Crippen LogP contribution in [0.15, 0.2) is 53.7 Å². The third kappa shape index (κ3) is 5.13. The molecule has 27 heavy (non-hydrogen) atoms. The summed E-state index contributed by atoms with van der Waals surface area (Å²) < 4.78 is 0. The minimum Gasteiger partial charge on any atom is -0.478 e. The number of halogens is 2. The fourth-order valence-corrected chi connectivity index (χ4v) is 3.73. The second-order valence-electron chi connectivity index (χ2n) is 5.68. The molecule has 1 heterocycles. The highest BCUT2D eigenvalue weighted by molar-refractivity contribution is 7.98. The van der Waals surface area contributed by atoms with Gasteiger partial charge in [-0.3, -0.25) is 0 Å². The lowest BCUT2D eigenvalue weighted by molar-refractivity contribution is 0.0698. The Hall–Kier alpha value is -2.28. The van der Waals surface area contributed by atoms with Crippen molar-refractivity contribution in [3.8, 4) is 0 Å². The van der Waals surface area contributed by atoms with Crippen LogP contribution >= 0.6 is 35.0 Å². The molecule has 0 unspecified atom stereocenters. The summed E-state index contributed by atoms with van der Waals surface area (Å²) in [7, 11) is 0. The number of nitrogens with one attached hydrogen (secondary N) is 1. The van der Waals surface area contributed by atoms with Crippen LogP contribution in [0.25, 0.3) is 0 Å². The minimum absolute atomic E-state index is 0.0732. The molecule has 0 fully saturated rings. The third-order valence-electron chi connectivity index (χ3n) is 3.62. The van der Waals surface area contributed by atoms with E-state index in [1.165, 1.54) is 17.8 Å². The van der Waals surface area contributed by atoms with Crippen molar-refractivity contribution in [1.82, 2.24) is 9.97 Å². The van der Waals surface area contributed by atoms with Crippen LogP contribution in [0.2, 0.25) is 10.0 Å². The molecule has 138 valence electrons. The number of nitrogens with zero attached hydrogens (tertiary/aromatic N) is 2. The Kier molecular flexibility index (Phi) is 6.21. The zero-order valence-electron chi connectivity index (χ0n) is 14.2. The lowest BCUT2D eigenvalue weighted by atomic mass is 10.2. The molecule has 0 spiro atoms. The Balaban J connectivity index is 1.82. The van der Waals surface area contributed by atoms with Gasteiger partial charge in [-0.15, -0.1) is 0 Å². The first-order valence-electron chi connectivity index (χ1n) is 7.94. The molecule has 0 bridgehead atoms. The molecule has 5 nitrogen and oxygen atoms in total. The summed E-state index contributed by atoms with van der Waals surface area (Å²) in [4.78, 5) is 20.3. The van der Waals surface area contributed by atoms with Crippen molar-refractivity contribution in [2.24, 2.45) is 0 Å². The third-order valence-corrected chi connectivity index (χ3v) is 5.12. The fraction of sp³-hybridized carbons (Fsp3) is 0.105. The van der Waals surface area contributed by atoms with Gasteiger partial charge < -0.3 is 10.4 Å². The molecule has 0 aliphatic rings. The monoisotopic (exact) mass is 419 g/mol. The Morgan fingerprint density at radius 1 is 1.15 bits per heavy atom. The largest absolute Gasteiger partial charge is 0.478 e. The van der Waals surface area contributed by atoms with Crippen LogP contribution in [-0.4, -0.2) is 21.0 Å². The van der Waals surface area contributed by atoms with Gasteiger partial charge in [0.2, 0.25) is 0 Å². The molecular formula is C19H15Cl2N3O2S. The van der Waals surface area contributed by atoms with E-state index in [2.05, 4.69) is 15.3 Å². The molecule has 3 rings (SSSR count). The van der Waals surface area contributed by atoms with E-state index < -0.39 is 5.97 Å². The molecule has 8 heteroatoms. The number of carbonyl (C=O) groups is 1. The van der Waals surface area contributed by atoms with E-state index in [4.69, 9.17) is 23.2 Å². The number of anilines is 2. The van der Waals surface area contributed by atoms with Gasteiger partial charge >= 0.3 is 5.97 Å². The van der Waals surface area contributed by atoms with Crippen LogP contribution in [-0.2, 0) is 5.75 Å². The summed E-state index contributed by atoms with van der Waals surface area (Å²) >= 11 is 13.5. The number of benzene rings is 2. The van der Waals surface area contributed by atoms with Crippen LogP contribution in [0.5, 0.6) is 0 Å². The molecule has 3 aromatic rings. The minimum atomic E-state index is -1.07. The van der Waals surface area contributed by atoms with Crippen LogP contribution in [0, 0.1) is 6.92 Å². The molecule has 0 aliphatic carbocycles. The SMILES string of the molecule is Cc1cc(Nc2ccc(Cl)cc2C(=O)O)nc(SCc2ccccc2Cl)n1. The molecular weight excluding hydrogens is 405 g/mol. The van der Waals surface area contributed by atoms with Crippen molar-refractivity contribution >= 4 is 52.4 Å². The molecule has 0 atom stereocenters. The first kappa shape index (κ1) is 19.5. The predicted molar refractivity (Wildman–Crippen MR) is 109 cm³/mol. The molecule has 2 aromatic carbocycles. The Morgan fingerprint density at radius 3 is 2.67 bits per heavy atom. The fourth-order valence-electron chi connectivity index (χ4n) is 2.37. The van der Waals surface area contributed by atoms with Gasteiger partial charge in [0.1, 0.15) is 5.82 Å². The van der Waals surface area contributed by atoms with E-state index in [9.17, 15) is 9.90 Å². The normalized spacial score (nSPS) is 10.6. The van der Waals surface area contributed by atoms with Gasteiger partial charge in [-0.2, -0.15) is 0 Å². The molecule has 0 saturated carbocycles. The van der Waals surface area contributed by atoms with Crippen molar-refractivity contribution in [3.05, 3.63) is 75.4 Å². The maximum absolute atomic E-state index is 11.4. The number of hydrogen-bond acceptors (Lipinski definition) is 5. The molecule has 0 radical (unpaired) electrons. The summed E-state index contributed by atoms with van der Waals surface area (Å²) in [5.74, 6) is 0.0669. The average Bonchev–Trinajstić information content (AvgIpc) is 2.62. The van der Waals surface area contributed by atoms with Crippen molar-refractivity contribution in [3.63, 3.8) is 0 Å². The van der Waals surface area contributed by atoms with E-state index >= 15 is 0 Å². The van der Waals surface area contributed by atoms with Gasteiger partial charge in [-0.25, -0.2) is 14.8 Å². The standard InChI is InChI=1S/C19H15Cl2N3O2S/c1-11-8-17(23-16-7-6-13(20)9-14(16)18(25)26)24-19(22-11)27-10-12-4-2-3-5-15(12)21/h2-9H,10H2,1H3,(H,25,26)(H,22,23,24). The highest BCUT2D eigenvalue weighted by atomic mass is 35.5. The molecule has 2 N–H and O–H groups in total. The summed E-state index contributed by atoms with van der Waals surface area (Å²) in [6, 6.07) is 14.0. The predicted octanol–water partition coefficient (Wildman–Crippen LogP) is 5.83. The average molecular weight is 420 g/mol. The smallest absolute Gasteiger partial charge is 0.337 e. The number of aryl methyl sites for hydroxylation is 1. The highest BCUT2D eigenvalue weighted by Crippen LogP contribution is 2.27. The van der Waals surface area contributed by atoms with Crippen molar-refractivity contribution in [2.45, 2.75) is 17.8 Å². The number of aromatic carboxylic acids is 1. The van der Waals surface area contributed by atoms with Gasteiger partial charge in [-0.05, 0) is 36.8 Å². The zero-order chi connectivity index (χ0) is 19.4. The van der Waals surface area contributed by atoms with Crippen LogP contribution < -0.4 is 5.32 Å². The Labute approximate surface area is 170 Å². The van der Waals surface area contributed by atoms with Gasteiger partial charge in [0.15, 0.2) is 5.16 Å². The Morgan fingerprint density at radius 2 is 1.93 bits per heavy atom. The van der Waals surface area contributed by atoms with Crippen molar-refractivity contribution in [2.75, 3.05) is 5.32 Å². The maximum Gasteiger partial charge on any atom is 0.337 e. The first-order chi connectivity index (χ1) is 12.9. The molecule has 0 aliphatic heterocycles. The van der Waals surface area contributed by atoms with E-state index in [-0.39, 0.29) is 5.56 Å². The number of hydrogen-bond donors (Lipinski definition) is 2. The molecule has 0 amide bonds. The summed E-state index contributed by atoms with van der Waals surface area (Å²) in [6.07, 6.45) is 0. The first-order valence-corrected chi connectivity index (χ1v) is 9.68. The van der Waals surface area contributed by atoms with Crippen LogP contribution in [0.3, 0.4) is 0 Å². The van der Waals surface area contributed by atoms with Gasteiger partial charge in [-0.1, -0.05) is 53.2 Å². The van der Waals surface area contributed by atoms with Crippen LogP contribution in [0.1, 0.15) is 21.6 Å². The van der Waals surface area contributed by atoms with Crippen LogP contribution in [0.4, 0.5) is 11.5 Å². The quantitative estimate of drug-likeness (QED) is 0.386. The maximum atomic E-state index is 11.4. The van der Waals surface area contributed by atoms with Crippen molar-refractivity contribution < 1.29 is 9.90 Å². The van der Waals surface area contributed by atoms with Gasteiger partial charge in [0.05, 0.1) is 11.3 Å². The summed E-state index contributed by atoms with van der Waals surface area (Å²) in [5, 5.41) is 14.0. The number of aromatic nitrogens is 2. The summed E-state index contributed by atoms with van der Waals surface area (Å²) in [5.41, 5.74) is 2.24. The second kappa shape index (κ2) is 8.61. The number of thioether (sulfide) groups is 1. The summed E-state index contributed by atoms with van der Waals surface area (Å²) in [6.45, 7) is 1.85. The Bertz CT molecular complexity index is 998. The van der Waals surface area contributed by atoms with E-state index in [1.807, 2.05) is 31.2 Å². The van der Waals surface area contributed by atoms with Gasteiger partial charge in [0.25, 0.3) is 0 Å². The lowest BCUT2D eigenvalue weighted by Gasteiger charge is -2.11. The van der Waals surface area contributed by atoms with Crippen molar-refractivity contribution in [1.29, 1.82) is 0 Å². The second-order valence-corrected chi connectivity index (χ2v) is 7.46. The lowest BCUT2D eigenvalue weighted by Crippen LogP contribution is -2.05.